The van der Waals surface area contributed by atoms with Gasteiger partial charge < -0.3 is 9.80 Å². The maximum absolute atomic E-state index is 2.45. The molecule has 2 nitrogen and oxygen atoms in total. The summed E-state index contributed by atoms with van der Waals surface area (Å²) in [5, 5.41) is 2.44. The van der Waals surface area contributed by atoms with Crippen LogP contribution >= 0.6 is 0 Å². The normalized spacial score (nSPS) is 14.2. The smallest absolute Gasteiger partial charge is 0.0540 e. The van der Waals surface area contributed by atoms with E-state index in [4.69, 9.17) is 0 Å². The Morgan fingerprint density at radius 1 is 0.315 bits per heavy atom. The van der Waals surface area contributed by atoms with Gasteiger partial charge in [0.15, 0.2) is 0 Å². The van der Waals surface area contributed by atoms with Gasteiger partial charge in [-0.3, -0.25) is 0 Å². The third-order valence-electron chi connectivity index (χ3n) is 12.0. The lowest BCUT2D eigenvalue weighted by atomic mass is 9.82. The molecule has 0 amide bonds. The minimum Gasteiger partial charge on any atom is -0.310 e. The van der Waals surface area contributed by atoms with Gasteiger partial charge in [0.2, 0.25) is 0 Å². The van der Waals surface area contributed by atoms with Crippen molar-refractivity contribution < 1.29 is 0 Å². The lowest BCUT2D eigenvalue weighted by molar-refractivity contribution is 0.660. The molecule has 10 rings (SSSR count). The largest absolute Gasteiger partial charge is 0.310 e. The summed E-state index contributed by atoms with van der Waals surface area (Å²) in [6, 6.07) is 67.0. The van der Waals surface area contributed by atoms with Crippen LogP contribution < -0.4 is 9.80 Å². The Bertz CT molecular complexity index is 2610. The van der Waals surface area contributed by atoms with Crippen LogP contribution in [0.1, 0.15) is 49.9 Å². The van der Waals surface area contributed by atoms with E-state index in [1.165, 1.54) is 55.3 Å². The van der Waals surface area contributed by atoms with Crippen LogP contribution in [0.25, 0.3) is 33.0 Å². The van der Waals surface area contributed by atoms with E-state index in [2.05, 4.69) is 219 Å². The molecule has 0 radical (unpaired) electrons. The van der Waals surface area contributed by atoms with Gasteiger partial charge in [-0.25, -0.2) is 0 Å². The topological polar surface area (TPSA) is 6.48 Å². The van der Waals surface area contributed by atoms with Crippen LogP contribution in [0.2, 0.25) is 0 Å². The SMILES string of the molecule is CC1(C)c2ccccc2-c2ccc(N(c3ccc(N(c4ccccc4)c4cccc5ccccc45)cc3)c3ccc4c(c3)C(C)(C)c3ccccc3-4)cc21. The molecule has 0 aliphatic heterocycles. The van der Waals surface area contributed by atoms with Gasteiger partial charge in [-0.05, 0) is 117 Å². The second-order valence-corrected chi connectivity index (χ2v) is 15.8. The number of nitrogens with zero attached hydrogens (tertiary/aromatic N) is 2. The van der Waals surface area contributed by atoms with Crippen molar-refractivity contribution in [2.45, 2.75) is 38.5 Å². The number of anilines is 6. The highest BCUT2D eigenvalue weighted by Gasteiger charge is 2.37. The first kappa shape index (κ1) is 32.3. The van der Waals surface area contributed by atoms with Gasteiger partial charge in [0.25, 0.3) is 0 Å². The molecule has 2 heteroatoms. The standard InChI is InChI=1S/C52H42N2/c1-51(2)46-22-12-10-20-42(46)44-31-29-39(33-48(44)51)53(40-30-32-45-43-21-11-13-23-47(43)52(3,4)49(45)34-40)37-25-27-38(28-26-37)54(36-17-6-5-7-18-36)50-24-14-16-35-15-8-9-19-41(35)50/h5-34H,1-4H3. The first-order valence-corrected chi connectivity index (χ1v) is 19.0. The predicted octanol–water partition coefficient (Wildman–Crippen LogP) is 14.4. The van der Waals surface area contributed by atoms with Crippen molar-refractivity contribution in [3.8, 4) is 22.3 Å². The molecular weight excluding hydrogens is 653 g/mol. The van der Waals surface area contributed by atoms with E-state index in [1.807, 2.05) is 0 Å². The molecule has 8 aromatic carbocycles. The Balaban J connectivity index is 1.14. The van der Waals surface area contributed by atoms with Crippen molar-refractivity contribution in [1.82, 2.24) is 0 Å². The maximum Gasteiger partial charge on any atom is 0.0540 e. The molecule has 0 N–H and O–H groups in total. The van der Waals surface area contributed by atoms with E-state index < -0.39 is 0 Å². The van der Waals surface area contributed by atoms with E-state index in [0.29, 0.717) is 0 Å². The second kappa shape index (κ2) is 12.1. The van der Waals surface area contributed by atoms with Crippen LogP contribution in [0.3, 0.4) is 0 Å². The molecular formula is C52H42N2. The number of rotatable bonds is 6. The van der Waals surface area contributed by atoms with Crippen molar-refractivity contribution in [3.63, 3.8) is 0 Å². The van der Waals surface area contributed by atoms with Gasteiger partial charge in [-0.1, -0.05) is 143 Å². The number of benzene rings is 8. The summed E-state index contributed by atoms with van der Waals surface area (Å²) < 4.78 is 0. The summed E-state index contributed by atoms with van der Waals surface area (Å²) in [6.45, 7) is 9.45. The predicted molar refractivity (Wildman–Crippen MR) is 228 cm³/mol. The highest BCUT2D eigenvalue weighted by Crippen LogP contribution is 2.53. The molecule has 0 fully saturated rings. The minimum atomic E-state index is -0.103. The molecule has 0 unspecified atom stereocenters. The van der Waals surface area contributed by atoms with Crippen LogP contribution in [0.5, 0.6) is 0 Å². The summed E-state index contributed by atoms with van der Waals surface area (Å²) in [5.74, 6) is 0. The lowest BCUT2D eigenvalue weighted by Gasteiger charge is -2.31. The van der Waals surface area contributed by atoms with Crippen molar-refractivity contribution in [3.05, 3.63) is 204 Å². The Labute approximate surface area is 318 Å². The molecule has 0 atom stereocenters. The van der Waals surface area contributed by atoms with Gasteiger partial charge in [0, 0.05) is 44.7 Å². The summed E-state index contributed by atoms with van der Waals surface area (Å²) in [7, 11) is 0. The Kier molecular flexibility index (Phi) is 7.22. The molecule has 0 spiro atoms. The van der Waals surface area contributed by atoms with Crippen LogP contribution in [0, 0.1) is 0 Å². The van der Waals surface area contributed by atoms with E-state index in [9.17, 15) is 0 Å². The Hall–Kier alpha value is -6.38. The summed E-state index contributed by atoms with van der Waals surface area (Å²) in [5.41, 5.74) is 17.5. The summed E-state index contributed by atoms with van der Waals surface area (Å²) in [4.78, 5) is 4.83. The van der Waals surface area contributed by atoms with Crippen LogP contribution in [-0.2, 0) is 10.8 Å². The highest BCUT2D eigenvalue weighted by molar-refractivity contribution is 5.99. The monoisotopic (exact) mass is 694 g/mol. The van der Waals surface area contributed by atoms with Crippen molar-refractivity contribution in [1.29, 1.82) is 0 Å². The number of hydrogen-bond acceptors (Lipinski definition) is 2. The average molecular weight is 695 g/mol. The zero-order valence-corrected chi connectivity index (χ0v) is 31.2. The third kappa shape index (κ3) is 4.87. The van der Waals surface area contributed by atoms with E-state index in [-0.39, 0.29) is 10.8 Å². The highest BCUT2D eigenvalue weighted by atomic mass is 15.2. The lowest BCUT2D eigenvalue weighted by Crippen LogP contribution is -2.18. The second-order valence-electron chi connectivity index (χ2n) is 15.8. The first-order chi connectivity index (χ1) is 26.3. The molecule has 0 bridgehead atoms. The minimum absolute atomic E-state index is 0.103. The van der Waals surface area contributed by atoms with Gasteiger partial charge in [-0.2, -0.15) is 0 Å². The van der Waals surface area contributed by atoms with Crippen molar-refractivity contribution in [2.24, 2.45) is 0 Å². The Morgan fingerprint density at radius 3 is 1.33 bits per heavy atom. The van der Waals surface area contributed by atoms with Crippen LogP contribution in [0.4, 0.5) is 34.1 Å². The summed E-state index contributed by atoms with van der Waals surface area (Å²) in [6.07, 6.45) is 0. The molecule has 260 valence electrons. The zero-order valence-electron chi connectivity index (χ0n) is 31.2. The number of hydrogen-bond donors (Lipinski definition) is 0. The van der Waals surface area contributed by atoms with Crippen molar-refractivity contribution in [2.75, 3.05) is 9.80 Å². The zero-order chi connectivity index (χ0) is 36.6. The van der Waals surface area contributed by atoms with E-state index in [0.717, 1.165) is 34.1 Å². The van der Waals surface area contributed by atoms with Crippen molar-refractivity contribution >= 4 is 44.9 Å². The average Bonchev–Trinajstić information content (AvgIpc) is 3.58. The molecule has 8 aromatic rings. The molecule has 2 aliphatic carbocycles. The van der Waals surface area contributed by atoms with E-state index >= 15 is 0 Å². The third-order valence-corrected chi connectivity index (χ3v) is 12.0. The fourth-order valence-electron chi connectivity index (χ4n) is 9.27. The van der Waals surface area contributed by atoms with Crippen LogP contribution in [0.15, 0.2) is 182 Å². The fourth-order valence-corrected chi connectivity index (χ4v) is 9.27. The maximum atomic E-state index is 2.45. The molecule has 0 aromatic heterocycles. The summed E-state index contributed by atoms with van der Waals surface area (Å²) >= 11 is 0. The van der Waals surface area contributed by atoms with E-state index in [1.54, 1.807) is 0 Å². The number of para-hydroxylation sites is 1. The molecule has 0 saturated carbocycles. The van der Waals surface area contributed by atoms with Crippen LogP contribution in [-0.4, -0.2) is 0 Å². The van der Waals surface area contributed by atoms with Gasteiger partial charge in [0.1, 0.15) is 0 Å². The molecule has 0 saturated heterocycles. The quantitative estimate of drug-likeness (QED) is 0.171. The fraction of sp³-hybridized carbons (Fsp3) is 0.115. The Morgan fingerprint density at radius 2 is 0.741 bits per heavy atom. The first-order valence-electron chi connectivity index (χ1n) is 19.0. The van der Waals surface area contributed by atoms with Gasteiger partial charge >= 0.3 is 0 Å². The molecule has 0 heterocycles. The number of fused-ring (bicyclic) bond motifs is 7. The molecule has 2 aliphatic rings. The van der Waals surface area contributed by atoms with Gasteiger partial charge in [-0.15, -0.1) is 0 Å². The molecule has 54 heavy (non-hydrogen) atoms. The van der Waals surface area contributed by atoms with Gasteiger partial charge in [0.05, 0.1) is 5.69 Å².